The van der Waals surface area contributed by atoms with Crippen LogP contribution in [0.15, 0.2) is 22.6 Å². The minimum Gasteiger partial charge on any atom is -0.475 e. The second kappa shape index (κ2) is 4.78. The van der Waals surface area contributed by atoms with Gasteiger partial charge in [0.2, 0.25) is 11.7 Å². The van der Waals surface area contributed by atoms with Crippen molar-refractivity contribution in [2.45, 2.75) is 13.3 Å². The molecular weight excluding hydrogens is 261 g/mol. The highest BCUT2D eigenvalue weighted by Gasteiger charge is 2.20. The summed E-state index contributed by atoms with van der Waals surface area (Å²) in [6.07, 6.45) is 0.389. The van der Waals surface area contributed by atoms with E-state index in [-0.39, 0.29) is 27.9 Å². The van der Waals surface area contributed by atoms with Gasteiger partial charge in [0, 0.05) is 5.02 Å². The summed E-state index contributed by atoms with van der Waals surface area (Å²) in [6, 6.07) is 4.00. The highest BCUT2D eigenvalue weighted by Crippen LogP contribution is 2.27. The molecule has 6 heteroatoms. The SMILES string of the molecule is CCc1nc(-c2ccc(Cl)cc2F)oc1C(=O)O. The van der Waals surface area contributed by atoms with Crippen LogP contribution in [0, 0.1) is 5.82 Å². The van der Waals surface area contributed by atoms with Crippen LogP contribution < -0.4 is 0 Å². The average molecular weight is 270 g/mol. The number of aromatic nitrogens is 1. The van der Waals surface area contributed by atoms with E-state index in [1.165, 1.54) is 12.1 Å². The second-order valence-electron chi connectivity index (χ2n) is 3.58. The van der Waals surface area contributed by atoms with Gasteiger partial charge in [-0.2, -0.15) is 0 Å². The molecule has 0 bridgehead atoms. The molecule has 1 aromatic carbocycles. The number of benzene rings is 1. The highest BCUT2D eigenvalue weighted by atomic mass is 35.5. The van der Waals surface area contributed by atoms with Gasteiger partial charge in [-0.3, -0.25) is 0 Å². The number of halogens is 2. The van der Waals surface area contributed by atoms with Crippen molar-refractivity contribution in [1.29, 1.82) is 0 Å². The Morgan fingerprint density at radius 1 is 1.56 bits per heavy atom. The Labute approximate surface area is 107 Å². The number of aromatic carboxylic acids is 1. The monoisotopic (exact) mass is 269 g/mol. The predicted molar refractivity (Wildman–Crippen MR) is 63.2 cm³/mol. The number of rotatable bonds is 3. The predicted octanol–water partition coefficient (Wildman–Crippen LogP) is 3.39. The number of carboxylic acids is 1. The van der Waals surface area contributed by atoms with Crippen LogP contribution in [0.3, 0.4) is 0 Å². The normalized spacial score (nSPS) is 10.6. The van der Waals surface area contributed by atoms with E-state index in [0.717, 1.165) is 6.07 Å². The maximum atomic E-state index is 13.7. The van der Waals surface area contributed by atoms with Crippen LogP contribution in [0.1, 0.15) is 23.2 Å². The lowest BCUT2D eigenvalue weighted by molar-refractivity contribution is 0.0661. The Morgan fingerprint density at radius 2 is 2.28 bits per heavy atom. The molecule has 18 heavy (non-hydrogen) atoms. The van der Waals surface area contributed by atoms with Gasteiger partial charge in [0.1, 0.15) is 5.82 Å². The molecule has 0 aliphatic heterocycles. The Balaban J connectivity index is 2.54. The minimum atomic E-state index is -1.22. The number of carbonyl (C=O) groups is 1. The first-order chi connectivity index (χ1) is 8.52. The molecule has 0 radical (unpaired) electrons. The maximum absolute atomic E-state index is 13.7. The first-order valence-corrected chi connectivity index (χ1v) is 5.59. The number of aryl methyl sites for hydroxylation is 1. The van der Waals surface area contributed by atoms with E-state index in [1.807, 2.05) is 0 Å². The van der Waals surface area contributed by atoms with E-state index in [9.17, 15) is 9.18 Å². The summed E-state index contributed by atoms with van der Waals surface area (Å²) in [5, 5.41) is 9.17. The van der Waals surface area contributed by atoms with Crippen molar-refractivity contribution >= 4 is 17.6 Å². The van der Waals surface area contributed by atoms with Crippen molar-refractivity contribution < 1.29 is 18.7 Å². The summed E-state index contributed by atoms with van der Waals surface area (Å²) in [4.78, 5) is 14.9. The molecule has 0 fully saturated rings. The zero-order valence-electron chi connectivity index (χ0n) is 9.41. The van der Waals surface area contributed by atoms with Crippen molar-refractivity contribution in [2.24, 2.45) is 0 Å². The summed E-state index contributed by atoms with van der Waals surface area (Å²) in [7, 11) is 0. The fraction of sp³-hybridized carbons (Fsp3) is 0.167. The Morgan fingerprint density at radius 3 is 2.78 bits per heavy atom. The molecule has 0 aliphatic rings. The van der Waals surface area contributed by atoms with E-state index >= 15 is 0 Å². The fourth-order valence-corrected chi connectivity index (χ4v) is 1.70. The van der Waals surface area contributed by atoms with Crippen molar-refractivity contribution in [3.63, 3.8) is 0 Å². The van der Waals surface area contributed by atoms with Crippen molar-refractivity contribution in [3.8, 4) is 11.5 Å². The summed E-state index contributed by atoms with van der Waals surface area (Å²) >= 11 is 5.63. The second-order valence-corrected chi connectivity index (χ2v) is 4.01. The lowest BCUT2D eigenvalue weighted by Gasteiger charge is -1.98. The molecule has 0 aliphatic carbocycles. The lowest BCUT2D eigenvalue weighted by atomic mass is 10.2. The summed E-state index contributed by atoms with van der Waals surface area (Å²) < 4.78 is 18.7. The zero-order chi connectivity index (χ0) is 13.3. The first-order valence-electron chi connectivity index (χ1n) is 5.21. The Hall–Kier alpha value is -1.88. The van der Waals surface area contributed by atoms with Crippen LogP contribution in [0.5, 0.6) is 0 Å². The van der Waals surface area contributed by atoms with E-state index < -0.39 is 11.8 Å². The first kappa shape index (κ1) is 12.6. The molecule has 94 valence electrons. The smallest absolute Gasteiger partial charge is 0.373 e. The molecule has 1 N–H and O–H groups in total. The van der Waals surface area contributed by atoms with Crippen molar-refractivity contribution in [3.05, 3.63) is 40.5 Å². The number of oxazole rings is 1. The Kier molecular flexibility index (Phi) is 3.34. The fourth-order valence-electron chi connectivity index (χ4n) is 1.54. The third kappa shape index (κ3) is 2.22. The van der Waals surface area contributed by atoms with Gasteiger partial charge < -0.3 is 9.52 Å². The van der Waals surface area contributed by atoms with Crippen LogP contribution in [-0.2, 0) is 6.42 Å². The molecule has 1 aromatic heterocycles. The van der Waals surface area contributed by atoms with E-state index in [0.29, 0.717) is 6.42 Å². The maximum Gasteiger partial charge on any atom is 0.373 e. The standard InChI is InChI=1S/C12H9ClFNO3/c1-2-9-10(12(16)17)18-11(15-9)7-4-3-6(13)5-8(7)14/h3-5H,2H2,1H3,(H,16,17). The molecule has 1 heterocycles. The van der Waals surface area contributed by atoms with E-state index in [1.54, 1.807) is 6.92 Å². The molecule has 0 amide bonds. The zero-order valence-corrected chi connectivity index (χ0v) is 10.2. The third-order valence-corrected chi connectivity index (χ3v) is 2.62. The summed E-state index contributed by atoms with van der Waals surface area (Å²) in [5.41, 5.74) is 0.369. The molecule has 0 saturated heterocycles. The van der Waals surface area contributed by atoms with Crippen LogP contribution in [0.25, 0.3) is 11.5 Å². The third-order valence-electron chi connectivity index (χ3n) is 2.39. The molecule has 0 atom stereocenters. The van der Waals surface area contributed by atoms with Gasteiger partial charge in [-0.25, -0.2) is 14.2 Å². The van der Waals surface area contributed by atoms with Crippen LogP contribution in [0.2, 0.25) is 5.02 Å². The average Bonchev–Trinajstić information content (AvgIpc) is 2.73. The van der Waals surface area contributed by atoms with Gasteiger partial charge in [0.15, 0.2) is 0 Å². The van der Waals surface area contributed by atoms with Crippen molar-refractivity contribution in [2.75, 3.05) is 0 Å². The van der Waals surface area contributed by atoms with E-state index in [4.69, 9.17) is 21.1 Å². The van der Waals surface area contributed by atoms with Gasteiger partial charge in [0.05, 0.1) is 11.3 Å². The highest BCUT2D eigenvalue weighted by molar-refractivity contribution is 6.30. The molecule has 2 rings (SSSR count). The number of nitrogens with zero attached hydrogens (tertiary/aromatic N) is 1. The molecular formula is C12H9ClFNO3. The van der Waals surface area contributed by atoms with Gasteiger partial charge >= 0.3 is 5.97 Å². The van der Waals surface area contributed by atoms with Crippen LogP contribution in [0.4, 0.5) is 4.39 Å². The topological polar surface area (TPSA) is 63.3 Å². The largest absolute Gasteiger partial charge is 0.475 e. The summed E-state index contributed by atoms with van der Waals surface area (Å²) in [5.74, 6) is -2.15. The molecule has 4 nitrogen and oxygen atoms in total. The van der Waals surface area contributed by atoms with Gasteiger partial charge in [-0.1, -0.05) is 18.5 Å². The van der Waals surface area contributed by atoms with Gasteiger partial charge in [-0.05, 0) is 24.6 Å². The molecule has 2 aromatic rings. The van der Waals surface area contributed by atoms with Crippen molar-refractivity contribution in [1.82, 2.24) is 4.98 Å². The van der Waals surface area contributed by atoms with E-state index in [2.05, 4.69) is 4.98 Å². The molecule has 0 spiro atoms. The molecule has 0 saturated carbocycles. The number of hydrogen-bond donors (Lipinski definition) is 1. The quantitative estimate of drug-likeness (QED) is 0.927. The Bertz CT molecular complexity index is 609. The van der Waals surface area contributed by atoms with Gasteiger partial charge in [-0.15, -0.1) is 0 Å². The minimum absolute atomic E-state index is 0.0570. The number of hydrogen-bond acceptors (Lipinski definition) is 3. The van der Waals surface area contributed by atoms with Crippen LogP contribution in [-0.4, -0.2) is 16.1 Å². The van der Waals surface area contributed by atoms with Gasteiger partial charge in [0.25, 0.3) is 0 Å². The molecule has 0 unspecified atom stereocenters. The number of carboxylic acid groups (broad SMARTS) is 1. The van der Waals surface area contributed by atoms with Crippen LogP contribution >= 0.6 is 11.6 Å². The lowest BCUT2D eigenvalue weighted by Crippen LogP contribution is -1.98. The summed E-state index contributed by atoms with van der Waals surface area (Å²) in [6.45, 7) is 1.74.